The van der Waals surface area contributed by atoms with Gasteiger partial charge in [0.2, 0.25) is 0 Å². The highest BCUT2D eigenvalue weighted by Gasteiger charge is 2.33. The molecule has 0 radical (unpaired) electrons. The molecule has 0 heterocycles. The lowest BCUT2D eigenvalue weighted by Crippen LogP contribution is -2.22. The summed E-state index contributed by atoms with van der Waals surface area (Å²) in [5, 5.41) is 1.57. The molecule has 0 unspecified atom stereocenters. The zero-order valence-corrected chi connectivity index (χ0v) is 11.5. The molecule has 2 rings (SSSR count). The molecule has 0 N–H and O–H groups in total. The third-order valence-electron chi connectivity index (χ3n) is 3.52. The summed E-state index contributed by atoms with van der Waals surface area (Å²) < 4.78 is 13.7. The van der Waals surface area contributed by atoms with Gasteiger partial charge in [-0.1, -0.05) is 40.4 Å². The van der Waals surface area contributed by atoms with E-state index in [9.17, 15) is 4.39 Å². The second-order valence-corrected chi connectivity index (χ2v) is 5.75. The van der Waals surface area contributed by atoms with Crippen molar-refractivity contribution >= 4 is 27.5 Å². The Hall–Kier alpha value is -0.0800. The zero-order valence-electron chi connectivity index (χ0n) is 9.11. The van der Waals surface area contributed by atoms with Crippen molar-refractivity contribution in [3.8, 4) is 0 Å². The summed E-state index contributed by atoms with van der Waals surface area (Å²) in [6.07, 6.45) is 5.68. The highest BCUT2D eigenvalue weighted by atomic mass is 79.9. The lowest BCUT2D eigenvalue weighted by molar-refractivity contribution is 0.341. The van der Waals surface area contributed by atoms with Crippen LogP contribution in [0, 0.1) is 11.2 Å². The number of halogens is 3. The quantitative estimate of drug-likeness (QED) is 0.691. The minimum atomic E-state index is -0.128. The van der Waals surface area contributed by atoms with Crippen LogP contribution in [-0.2, 0) is 6.42 Å². The Kier molecular flexibility index (Phi) is 3.91. The van der Waals surface area contributed by atoms with Gasteiger partial charge in [0.05, 0.1) is 0 Å². The molecule has 1 aliphatic carbocycles. The molecule has 1 fully saturated rings. The summed E-state index contributed by atoms with van der Waals surface area (Å²) >= 11 is 9.49. The maximum atomic E-state index is 13.7. The molecule has 1 aliphatic rings. The molecule has 1 saturated carbocycles. The van der Waals surface area contributed by atoms with E-state index in [1.54, 1.807) is 12.1 Å². The van der Waals surface area contributed by atoms with E-state index in [1.165, 1.54) is 31.7 Å². The van der Waals surface area contributed by atoms with Crippen molar-refractivity contribution in [2.45, 2.75) is 32.1 Å². The van der Waals surface area contributed by atoms with Gasteiger partial charge in [0, 0.05) is 10.4 Å². The van der Waals surface area contributed by atoms with Crippen molar-refractivity contribution in [3.05, 3.63) is 34.6 Å². The maximum absolute atomic E-state index is 13.7. The molecule has 0 spiro atoms. The van der Waals surface area contributed by atoms with Gasteiger partial charge in [-0.15, -0.1) is 0 Å². The first kappa shape index (κ1) is 12.4. The fraction of sp³-hybridized carbons (Fsp3) is 0.538. The number of benzene rings is 1. The fourth-order valence-electron chi connectivity index (χ4n) is 2.57. The molecule has 16 heavy (non-hydrogen) atoms. The monoisotopic (exact) mass is 304 g/mol. The van der Waals surface area contributed by atoms with Gasteiger partial charge in [-0.3, -0.25) is 0 Å². The number of hydrogen-bond acceptors (Lipinski definition) is 0. The maximum Gasteiger partial charge on any atom is 0.126 e. The number of alkyl halides is 1. The van der Waals surface area contributed by atoms with Crippen LogP contribution in [0.25, 0.3) is 0 Å². The molecule has 0 aliphatic heterocycles. The highest BCUT2D eigenvalue weighted by Crippen LogP contribution is 2.42. The molecule has 3 heteroatoms. The predicted molar refractivity (Wildman–Crippen MR) is 69.8 cm³/mol. The van der Waals surface area contributed by atoms with Crippen LogP contribution in [0.15, 0.2) is 18.2 Å². The molecule has 0 amide bonds. The Morgan fingerprint density at radius 3 is 2.62 bits per heavy atom. The van der Waals surface area contributed by atoms with Gasteiger partial charge >= 0.3 is 0 Å². The van der Waals surface area contributed by atoms with Crippen LogP contribution < -0.4 is 0 Å². The minimum absolute atomic E-state index is 0.128. The van der Waals surface area contributed by atoms with Crippen molar-refractivity contribution in [1.82, 2.24) is 0 Å². The van der Waals surface area contributed by atoms with E-state index in [-0.39, 0.29) is 11.2 Å². The molecule has 1 aromatic carbocycles. The van der Waals surface area contributed by atoms with Crippen molar-refractivity contribution in [2.24, 2.45) is 5.41 Å². The average molecular weight is 306 g/mol. The van der Waals surface area contributed by atoms with E-state index in [0.717, 1.165) is 17.3 Å². The van der Waals surface area contributed by atoms with Crippen molar-refractivity contribution in [2.75, 3.05) is 5.33 Å². The first-order chi connectivity index (χ1) is 7.65. The van der Waals surface area contributed by atoms with Crippen molar-refractivity contribution in [3.63, 3.8) is 0 Å². The molecule has 0 saturated heterocycles. The molecular formula is C13H15BrClF. The van der Waals surface area contributed by atoms with Gasteiger partial charge < -0.3 is 0 Å². The summed E-state index contributed by atoms with van der Waals surface area (Å²) in [7, 11) is 0. The summed E-state index contributed by atoms with van der Waals surface area (Å²) in [5.41, 5.74) is 1.000. The van der Waals surface area contributed by atoms with E-state index in [0.29, 0.717) is 5.02 Å². The lowest BCUT2D eigenvalue weighted by atomic mass is 9.82. The fourth-order valence-corrected chi connectivity index (χ4v) is 3.52. The smallest absolute Gasteiger partial charge is 0.126 e. The topological polar surface area (TPSA) is 0 Å². The Bertz CT molecular complexity index is 372. The second-order valence-electron chi connectivity index (χ2n) is 4.75. The third-order valence-corrected chi connectivity index (χ3v) is 4.95. The molecule has 88 valence electrons. The van der Waals surface area contributed by atoms with Gasteiger partial charge in [-0.25, -0.2) is 4.39 Å². The number of rotatable bonds is 3. The van der Waals surface area contributed by atoms with E-state index in [2.05, 4.69) is 15.9 Å². The zero-order chi connectivity index (χ0) is 11.6. The van der Waals surface area contributed by atoms with Crippen LogP contribution in [0.5, 0.6) is 0 Å². The molecular weight excluding hydrogens is 290 g/mol. The molecule has 0 aromatic heterocycles. The first-order valence-corrected chi connectivity index (χ1v) is 7.15. The van der Waals surface area contributed by atoms with Crippen molar-refractivity contribution < 1.29 is 4.39 Å². The predicted octanol–water partition coefficient (Wildman–Crippen LogP) is 4.98. The van der Waals surface area contributed by atoms with Gasteiger partial charge in [-0.05, 0) is 48.4 Å². The third kappa shape index (κ3) is 2.60. The summed E-state index contributed by atoms with van der Waals surface area (Å²) in [6, 6.07) is 4.84. The number of hydrogen-bond donors (Lipinski definition) is 0. The Morgan fingerprint density at radius 1 is 1.31 bits per heavy atom. The van der Waals surface area contributed by atoms with E-state index >= 15 is 0 Å². The van der Waals surface area contributed by atoms with Crippen LogP contribution in [0.2, 0.25) is 5.02 Å². The lowest BCUT2D eigenvalue weighted by Gasteiger charge is -2.26. The Morgan fingerprint density at radius 2 is 2.00 bits per heavy atom. The van der Waals surface area contributed by atoms with Gasteiger partial charge in [0.1, 0.15) is 5.82 Å². The summed E-state index contributed by atoms with van der Waals surface area (Å²) in [6.45, 7) is 0. The standard InChI is InChI=1S/C13H15BrClF/c14-9-13(5-1-2-6-13)8-10-7-11(15)3-4-12(10)16/h3-4,7H,1-2,5-6,8-9H2. The normalized spacial score (nSPS) is 18.9. The molecule has 0 nitrogen and oxygen atoms in total. The van der Waals surface area contributed by atoms with Crippen LogP contribution in [-0.4, -0.2) is 5.33 Å². The second kappa shape index (κ2) is 5.05. The SMILES string of the molecule is Fc1ccc(Cl)cc1CC1(CBr)CCCC1. The van der Waals surface area contributed by atoms with Crippen molar-refractivity contribution in [1.29, 1.82) is 0 Å². The van der Waals surface area contributed by atoms with E-state index < -0.39 is 0 Å². The minimum Gasteiger partial charge on any atom is -0.207 e. The van der Waals surface area contributed by atoms with Gasteiger partial charge in [0.25, 0.3) is 0 Å². The largest absolute Gasteiger partial charge is 0.207 e. The Balaban J connectivity index is 2.21. The summed E-state index contributed by atoms with van der Waals surface area (Å²) in [4.78, 5) is 0. The van der Waals surface area contributed by atoms with E-state index in [4.69, 9.17) is 11.6 Å². The van der Waals surface area contributed by atoms with Gasteiger partial charge in [0.15, 0.2) is 0 Å². The van der Waals surface area contributed by atoms with Crippen LogP contribution >= 0.6 is 27.5 Å². The average Bonchev–Trinajstić information content (AvgIpc) is 2.73. The summed E-state index contributed by atoms with van der Waals surface area (Å²) in [5.74, 6) is -0.128. The molecule has 1 aromatic rings. The van der Waals surface area contributed by atoms with Crippen LogP contribution in [0.1, 0.15) is 31.2 Å². The Labute approximate surface area is 109 Å². The molecule has 0 atom stereocenters. The highest BCUT2D eigenvalue weighted by molar-refractivity contribution is 9.09. The van der Waals surface area contributed by atoms with Crippen LogP contribution in [0.4, 0.5) is 4.39 Å². The first-order valence-electron chi connectivity index (χ1n) is 5.65. The van der Waals surface area contributed by atoms with Gasteiger partial charge in [-0.2, -0.15) is 0 Å². The molecule has 0 bridgehead atoms. The van der Waals surface area contributed by atoms with Crippen LogP contribution in [0.3, 0.4) is 0 Å². The van der Waals surface area contributed by atoms with E-state index in [1.807, 2.05) is 0 Å².